The van der Waals surface area contributed by atoms with Gasteiger partial charge in [0, 0.05) is 5.54 Å². The topological polar surface area (TPSA) is 12.0 Å². The summed E-state index contributed by atoms with van der Waals surface area (Å²) in [4.78, 5) is 0. The summed E-state index contributed by atoms with van der Waals surface area (Å²) in [6.45, 7) is 3.65. The van der Waals surface area contributed by atoms with Crippen molar-refractivity contribution in [3.63, 3.8) is 0 Å². The van der Waals surface area contributed by atoms with Crippen molar-refractivity contribution in [2.45, 2.75) is 44.6 Å². The van der Waals surface area contributed by atoms with Crippen LogP contribution in [0.3, 0.4) is 0 Å². The van der Waals surface area contributed by atoms with E-state index in [9.17, 15) is 0 Å². The zero-order valence-corrected chi connectivity index (χ0v) is 6.82. The third-order valence-corrected chi connectivity index (χ3v) is 3.45. The molecular formula is C9H17N. The highest BCUT2D eigenvalue weighted by Crippen LogP contribution is 2.39. The number of hydrogen-bond donors (Lipinski definition) is 1. The summed E-state index contributed by atoms with van der Waals surface area (Å²) in [6.07, 6.45) is 7.26. The molecule has 0 aromatic carbocycles. The van der Waals surface area contributed by atoms with Crippen LogP contribution in [-0.4, -0.2) is 12.1 Å². The molecule has 58 valence electrons. The zero-order chi connectivity index (χ0) is 7.03. The van der Waals surface area contributed by atoms with E-state index in [2.05, 4.69) is 12.2 Å². The molecule has 0 unspecified atom stereocenters. The average Bonchev–Trinajstić information content (AvgIpc) is 2.04. The Kier molecular flexibility index (Phi) is 1.48. The molecule has 1 heteroatoms. The Morgan fingerprint density at radius 2 is 1.90 bits per heavy atom. The molecule has 0 amide bonds. The van der Waals surface area contributed by atoms with Gasteiger partial charge < -0.3 is 5.32 Å². The van der Waals surface area contributed by atoms with Crippen molar-refractivity contribution in [3.05, 3.63) is 0 Å². The van der Waals surface area contributed by atoms with Gasteiger partial charge in [0.2, 0.25) is 0 Å². The SMILES string of the molecule is C[C@H]1CNC12CCCCC2. The fraction of sp³-hybridized carbons (Fsp3) is 1.00. The third-order valence-electron chi connectivity index (χ3n) is 3.45. The lowest BCUT2D eigenvalue weighted by Gasteiger charge is -2.52. The van der Waals surface area contributed by atoms with Crippen LogP contribution >= 0.6 is 0 Å². The van der Waals surface area contributed by atoms with Gasteiger partial charge in [0.25, 0.3) is 0 Å². The fourth-order valence-corrected chi connectivity index (χ4v) is 2.45. The lowest BCUT2D eigenvalue weighted by atomic mass is 9.68. The smallest absolute Gasteiger partial charge is 0.0219 e. The first-order valence-electron chi connectivity index (χ1n) is 4.58. The number of nitrogens with one attached hydrogen (secondary N) is 1. The van der Waals surface area contributed by atoms with Crippen molar-refractivity contribution in [2.24, 2.45) is 5.92 Å². The second kappa shape index (κ2) is 2.23. The maximum atomic E-state index is 3.61. The van der Waals surface area contributed by atoms with E-state index >= 15 is 0 Å². The molecule has 0 radical (unpaired) electrons. The van der Waals surface area contributed by atoms with Crippen LogP contribution in [-0.2, 0) is 0 Å². The molecule has 1 heterocycles. The standard InChI is InChI=1S/C9H17N/c1-8-7-10-9(8)5-3-2-4-6-9/h8,10H,2-7H2,1H3/t8-/m0/s1. The summed E-state index contributed by atoms with van der Waals surface area (Å²) in [5, 5.41) is 3.61. The van der Waals surface area contributed by atoms with Crippen LogP contribution in [0.15, 0.2) is 0 Å². The van der Waals surface area contributed by atoms with Crippen LogP contribution in [0.1, 0.15) is 39.0 Å². The van der Waals surface area contributed by atoms with Crippen LogP contribution in [0.5, 0.6) is 0 Å². The van der Waals surface area contributed by atoms with Gasteiger partial charge in [0.05, 0.1) is 0 Å². The maximum absolute atomic E-state index is 3.61. The fourth-order valence-electron chi connectivity index (χ4n) is 2.45. The molecule has 1 N–H and O–H groups in total. The van der Waals surface area contributed by atoms with Crippen LogP contribution < -0.4 is 5.32 Å². The van der Waals surface area contributed by atoms with Gasteiger partial charge >= 0.3 is 0 Å². The Bertz CT molecular complexity index is 125. The van der Waals surface area contributed by atoms with Crippen molar-refractivity contribution in [2.75, 3.05) is 6.54 Å². The quantitative estimate of drug-likeness (QED) is 0.540. The molecule has 0 aromatic rings. The van der Waals surface area contributed by atoms with E-state index in [1.54, 1.807) is 0 Å². The predicted molar refractivity (Wildman–Crippen MR) is 43.0 cm³/mol. The van der Waals surface area contributed by atoms with Crippen molar-refractivity contribution < 1.29 is 0 Å². The summed E-state index contributed by atoms with van der Waals surface area (Å²) < 4.78 is 0. The highest BCUT2D eigenvalue weighted by atomic mass is 15.1. The zero-order valence-electron chi connectivity index (χ0n) is 6.82. The summed E-state index contributed by atoms with van der Waals surface area (Å²) in [5.41, 5.74) is 0.609. The normalized spacial score (nSPS) is 37.5. The molecular weight excluding hydrogens is 122 g/mol. The molecule has 1 aliphatic carbocycles. The molecule has 0 aromatic heterocycles. The molecule has 2 aliphatic rings. The minimum absolute atomic E-state index is 0.609. The first-order valence-corrected chi connectivity index (χ1v) is 4.58. The van der Waals surface area contributed by atoms with Gasteiger partial charge in [-0.05, 0) is 25.3 Å². The van der Waals surface area contributed by atoms with Crippen LogP contribution in [0.4, 0.5) is 0 Å². The molecule has 0 bridgehead atoms. The minimum Gasteiger partial charge on any atom is -0.311 e. The Morgan fingerprint density at radius 1 is 1.20 bits per heavy atom. The molecule has 1 atom stereocenters. The molecule has 1 nitrogen and oxygen atoms in total. The van der Waals surface area contributed by atoms with E-state index in [-0.39, 0.29) is 0 Å². The Balaban J connectivity index is 1.99. The first kappa shape index (κ1) is 6.66. The number of hydrogen-bond acceptors (Lipinski definition) is 1. The van der Waals surface area contributed by atoms with E-state index in [1.807, 2.05) is 0 Å². The first-order chi connectivity index (χ1) is 4.83. The molecule has 10 heavy (non-hydrogen) atoms. The Morgan fingerprint density at radius 3 is 2.20 bits per heavy atom. The molecule has 1 spiro atoms. The van der Waals surface area contributed by atoms with Gasteiger partial charge in [-0.15, -0.1) is 0 Å². The van der Waals surface area contributed by atoms with E-state index < -0.39 is 0 Å². The van der Waals surface area contributed by atoms with Crippen LogP contribution in [0, 0.1) is 5.92 Å². The lowest BCUT2D eigenvalue weighted by Crippen LogP contribution is -2.64. The third kappa shape index (κ3) is 0.800. The van der Waals surface area contributed by atoms with Crippen molar-refractivity contribution in [3.8, 4) is 0 Å². The average molecular weight is 139 g/mol. The summed E-state index contributed by atoms with van der Waals surface area (Å²) in [7, 11) is 0. The van der Waals surface area contributed by atoms with E-state index in [4.69, 9.17) is 0 Å². The molecule has 2 fully saturated rings. The second-order valence-corrected chi connectivity index (χ2v) is 4.00. The monoisotopic (exact) mass is 139 g/mol. The van der Waals surface area contributed by atoms with E-state index in [0.29, 0.717) is 5.54 Å². The summed E-state index contributed by atoms with van der Waals surface area (Å²) >= 11 is 0. The highest BCUT2D eigenvalue weighted by Gasteiger charge is 2.43. The molecule has 1 saturated carbocycles. The van der Waals surface area contributed by atoms with Gasteiger partial charge in [0.1, 0.15) is 0 Å². The highest BCUT2D eigenvalue weighted by molar-refractivity contribution is 5.02. The molecule has 2 rings (SSSR count). The van der Waals surface area contributed by atoms with Gasteiger partial charge in [-0.1, -0.05) is 26.2 Å². The van der Waals surface area contributed by atoms with Crippen molar-refractivity contribution in [1.29, 1.82) is 0 Å². The maximum Gasteiger partial charge on any atom is 0.0219 e. The van der Waals surface area contributed by atoms with Crippen LogP contribution in [0.2, 0.25) is 0 Å². The van der Waals surface area contributed by atoms with E-state index in [0.717, 1.165) is 5.92 Å². The Hall–Kier alpha value is -0.0400. The Labute approximate surface area is 63.2 Å². The minimum atomic E-state index is 0.609. The van der Waals surface area contributed by atoms with Gasteiger partial charge in [-0.2, -0.15) is 0 Å². The molecule has 1 saturated heterocycles. The summed E-state index contributed by atoms with van der Waals surface area (Å²) in [5.74, 6) is 0.952. The van der Waals surface area contributed by atoms with Gasteiger partial charge in [0.15, 0.2) is 0 Å². The number of rotatable bonds is 0. The molecule has 1 aliphatic heterocycles. The van der Waals surface area contributed by atoms with Gasteiger partial charge in [-0.25, -0.2) is 0 Å². The largest absolute Gasteiger partial charge is 0.311 e. The summed E-state index contributed by atoms with van der Waals surface area (Å²) in [6, 6.07) is 0. The van der Waals surface area contributed by atoms with E-state index in [1.165, 1.54) is 38.6 Å². The van der Waals surface area contributed by atoms with Crippen LogP contribution in [0.25, 0.3) is 0 Å². The predicted octanol–water partition coefficient (Wildman–Crippen LogP) is 1.93. The van der Waals surface area contributed by atoms with Gasteiger partial charge in [-0.3, -0.25) is 0 Å². The second-order valence-electron chi connectivity index (χ2n) is 4.00. The van der Waals surface area contributed by atoms with Crippen molar-refractivity contribution >= 4 is 0 Å². The lowest BCUT2D eigenvalue weighted by molar-refractivity contribution is 0.0698. The van der Waals surface area contributed by atoms with Crippen molar-refractivity contribution in [1.82, 2.24) is 5.32 Å².